The molecule has 0 aromatic carbocycles. The zero-order valence-corrected chi connectivity index (χ0v) is 19.1. The van der Waals surface area contributed by atoms with Gasteiger partial charge in [0.2, 0.25) is 0 Å². The van der Waals surface area contributed by atoms with Gasteiger partial charge < -0.3 is 4.74 Å². The molecule has 0 aromatic rings. The standard InChI is InChI=1S/C26H46O3/c1-2-3-4-5-6-7-8-9-10-11-12-13-14-15-16-17-18-19-20-21-22-24-23-25(27)29-26(24)28/h21-22,24H,2-20,23H2,1H3/b22-21-/t24-/m1/s1. The molecule has 0 aliphatic carbocycles. The molecule has 0 saturated carbocycles. The van der Waals surface area contributed by atoms with Gasteiger partial charge in [0.05, 0.1) is 12.3 Å². The van der Waals surface area contributed by atoms with E-state index in [0.29, 0.717) is 0 Å². The number of hydrogen-bond donors (Lipinski definition) is 0. The quantitative estimate of drug-likeness (QED) is 0.0888. The van der Waals surface area contributed by atoms with Gasteiger partial charge in [0, 0.05) is 0 Å². The maximum atomic E-state index is 11.3. The van der Waals surface area contributed by atoms with Gasteiger partial charge in [-0.15, -0.1) is 0 Å². The van der Waals surface area contributed by atoms with E-state index in [4.69, 9.17) is 0 Å². The third kappa shape index (κ3) is 15.4. The summed E-state index contributed by atoms with van der Waals surface area (Å²) in [5, 5.41) is 0. The minimum absolute atomic E-state index is 0.217. The molecule has 1 fully saturated rings. The second-order valence-electron chi connectivity index (χ2n) is 8.83. The fourth-order valence-corrected chi connectivity index (χ4v) is 4.06. The molecule has 1 atom stereocenters. The second kappa shape index (κ2) is 18.9. The van der Waals surface area contributed by atoms with E-state index in [0.717, 1.165) is 6.42 Å². The highest BCUT2D eigenvalue weighted by Gasteiger charge is 2.30. The van der Waals surface area contributed by atoms with E-state index in [1.165, 1.54) is 116 Å². The van der Waals surface area contributed by atoms with Crippen LogP contribution >= 0.6 is 0 Å². The molecule has 1 heterocycles. The predicted molar refractivity (Wildman–Crippen MR) is 122 cm³/mol. The lowest BCUT2D eigenvalue weighted by Crippen LogP contribution is -2.03. The summed E-state index contributed by atoms with van der Waals surface area (Å²) in [5.41, 5.74) is 0. The van der Waals surface area contributed by atoms with Crippen molar-refractivity contribution in [2.75, 3.05) is 0 Å². The Morgan fingerprint density at radius 2 is 1.10 bits per heavy atom. The average molecular weight is 407 g/mol. The van der Waals surface area contributed by atoms with Crippen LogP contribution in [0.3, 0.4) is 0 Å². The van der Waals surface area contributed by atoms with Crippen LogP contribution in [0, 0.1) is 5.92 Å². The van der Waals surface area contributed by atoms with Crippen LogP contribution in [0.5, 0.6) is 0 Å². The van der Waals surface area contributed by atoms with Crippen molar-refractivity contribution >= 4 is 11.9 Å². The first kappa shape index (κ1) is 25.9. The number of allylic oxidation sites excluding steroid dienone is 1. The van der Waals surface area contributed by atoms with E-state index in [9.17, 15) is 9.59 Å². The van der Waals surface area contributed by atoms with Gasteiger partial charge in [-0.2, -0.15) is 0 Å². The molecule has 0 unspecified atom stereocenters. The normalized spacial score (nSPS) is 16.8. The van der Waals surface area contributed by atoms with E-state index >= 15 is 0 Å². The van der Waals surface area contributed by atoms with Crippen LogP contribution in [-0.2, 0) is 14.3 Å². The highest BCUT2D eigenvalue weighted by Crippen LogP contribution is 2.18. The monoisotopic (exact) mass is 406 g/mol. The molecule has 1 aliphatic rings. The van der Waals surface area contributed by atoms with Crippen molar-refractivity contribution < 1.29 is 14.3 Å². The average Bonchev–Trinajstić information content (AvgIpc) is 3.03. The molecule has 1 aliphatic heterocycles. The molecular weight excluding hydrogens is 360 g/mol. The van der Waals surface area contributed by atoms with Gasteiger partial charge in [0.25, 0.3) is 0 Å². The molecular formula is C26H46O3. The van der Waals surface area contributed by atoms with Crippen LogP contribution in [-0.4, -0.2) is 11.9 Å². The third-order valence-corrected chi connectivity index (χ3v) is 6.00. The largest absolute Gasteiger partial charge is 0.393 e. The Morgan fingerprint density at radius 1 is 0.690 bits per heavy atom. The van der Waals surface area contributed by atoms with Gasteiger partial charge in [-0.05, 0) is 12.8 Å². The zero-order valence-electron chi connectivity index (χ0n) is 19.1. The SMILES string of the molecule is CCCCCCCCCCCCCCCCCCCC/C=C\[C@@H]1CC(=O)OC1=O. The van der Waals surface area contributed by atoms with Gasteiger partial charge in [0.1, 0.15) is 0 Å². The Kier molecular flexibility index (Phi) is 16.9. The number of ether oxygens (including phenoxy) is 1. The summed E-state index contributed by atoms with van der Waals surface area (Å²) in [6.45, 7) is 2.28. The van der Waals surface area contributed by atoms with Crippen molar-refractivity contribution in [3.05, 3.63) is 12.2 Å². The Bertz CT molecular complexity index is 441. The molecule has 1 rings (SSSR count). The fourth-order valence-electron chi connectivity index (χ4n) is 4.06. The van der Waals surface area contributed by atoms with Crippen molar-refractivity contribution in [2.24, 2.45) is 5.92 Å². The minimum Gasteiger partial charge on any atom is -0.393 e. The zero-order chi connectivity index (χ0) is 21.0. The number of cyclic esters (lactones) is 2. The van der Waals surface area contributed by atoms with Crippen LogP contribution < -0.4 is 0 Å². The number of carbonyl (C=O) groups is 2. The lowest BCUT2D eigenvalue weighted by Gasteiger charge is -2.03. The van der Waals surface area contributed by atoms with Gasteiger partial charge in [0.15, 0.2) is 0 Å². The molecule has 0 N–H and O–H groups in total. The summed E-state index contributed by atoms with van der Waals surface area (Å²) in [6, 6.07) is 0. The van der Waals surface area contributed by atoms with Crippen molar-refractivity contribution in [3.8, 4) is 0 Å². The molecule has 0 bridgehead atoms. The lowest BCUT2D eigenvalue weighted by molar-refractivity contribution is -0.152. The van der Waals surface area contributed by atoms with Crippen LogP contribution in [0.4, 0.5) is 0 Å². The molecule has 3 nitrogen and oxygen atoms in total. The molecule has 0 spiro atoms. The smallest absolute Gasteiger partial charge is 0.321 e. The molecule has 1 saturated heterocycles. The van der Waals surface area contributed by atoms with Gasteiger partial charge >= 0.3 is 11.9 Å². The molecule has 0 aromatic heterocycles. The Labute approximate surface area is 180 Å². The maximum absolute atomic E-state index is 11.3. The first-order valence-corrected chi connectivity index (χ1v) is 12.6. The maximum Gasteiger partial charge on any atom is 0.321 e. The minimum atomic E-state index is -0.391. The topological polar surface area (TPSA) is 43.4 Å². The number of unbranched alkanes of at least 4 members (excludes halogenated alkanes) is 18. The third-order valence-electron chi connectivity index (χ3n) is 6.00. The Morgan fingerprint density at radius 3 is 1.48 bits per heavy atom. The Balaban J connectivity index is 1.72. The van der Waals surface area contributed by atoms with Crippen molar-refractivity contribution in [1.82, 2.24) is 0 Å². The summed E-state index contributed by atoms with van der Waals surface area (Å²) >= 11 is 0. The second-order valence-corrected chi connectivity index (χ2v) is 8.83. The van der Waals surface area contributed by atoms with E-state index in [-0.39, 0.29) is 18.3 Å². The molecule has 0 amide bonds. The van der Waals surface area contributed by atoms with Crippen molar-refractivity contribution in [2.45, 2.75) is 135 Å². The van der Waals surface area contributed by atoms with Crippen LogP contribution in [0.15, 0.2) is 12.2 Å². The number of rotatable bonds is 20. The Hall–Kier alpha value is -1.12. The van der Waals surface area contributed by atoms with E-state index in [1.807, 2.05) is 12.2 Å². The summed E-state index contributed by atoms with van der Waals surface area (Å²) in [4.78, 5) is 22.3. The van der Waals surface area contributed by atoms with Crippen molar-refractivity contribution in [3.63, 3.8) is 0 Å². The van der Waals surface area contributed by atoms with Crippen molar-refractivity contribution in [1.29, 1.82) is 0 Å². The fraction of sp³-hybridized carbons (Fsp3) is 0.846. The molecule has 168 valence electrons. The molecule has 3 heteroatoms. The predicted octanol–water partition coefficient (Wildman–Crippen LogP) is 8.06. The summed E-state index contributed by atoms with van der Waals surface area (Å²) < 4.78 is 4.54. The lowest BCUT2D eigenvalue weighted by atomic mass is 10.0. The summed E-state index contributed by atoms with van der Waals surface area (Å²) in [7, 11) is 0. The summed E-state index contributed by atoms with van der Waals surface area (Å²) in [6.07, 6.45) is 30.1. The van der Waals surface area contributed by atoms with Gasteiger partial charge in [-0.25, -0.2) is 0 Å². The first-order valence-electron chi connectivity index (χ1n) is 12.6. The van der Waals surface area contributed by atoms with E-state index in [1.54, 1.807) is 0 Å². The summed E-state index contributed by atoms with van der Waals surface area (Å²) in [5.74, 6) is -1.11. The number of carbonyl (C=O) groups excluding carboxylic acids is 2. The number of esters is 2. The van der Waals surface area contributed by atoms with E-state index < -0.39 is 5.97 Å². The van der Waals surface area contributed by atoms with Crippen LogP contribution in [0.1, 0.15) is 135 Å². The molecule has 29 heavy (non-hydrogen) atoms. The van der Waals surface area contributed by atoms with Crippen LogP contribution in [0.2, 0.25) is 0 Å². The highest BCUT2D eigenvalue weighted by molar-refractivity contribution is 5.95. The van der Waals surface area contributed by atoms with Crippen LogP contribution in [0.25, 0.3) is 0 Å². The highest BCUT2D eigenvalue weighted by atomic mass is 16.6. The van der Waals surface area contributed by atoms with Gasteiger partial charge in [-0.3, -0.25) is 9.59 Å². The first-order chi connectivity index (χ1) is 14.2. The number of hydrogen-bond acceptors (Lipinski definition) is 3. The molecule has 0 radical (unpaired) electrons. The van der Waals surface area contributed by atoms with Gasteiger partial charge in [-0.1, -0.05) is 128 Å². The van der Waals surface area contributed by atoms with E-state index in [2.05, 4.69) is 11.7 Å².